The van der Waals surface area contributed by atoms with Crippen LogP contribution in [-0.2, 0) is 4.79 Å². The van der Waals surface area contributed by atoms with E-state index >= 15 is 0 Å². The lowest BCUT2D eigenvalue weighted by Crippen LogP contribution is -2.33. The molecule has 0 spiro atoms. The fraction of sp³-hybridized carbons (Fsp3) is 0.429. The third-order valence-corrected chi connectivity index (χ3v) is 3.07. The molecule has 17 heavy (non-hydrogen) atoms. The molecule has 1 aromatic rings. The summed E-state index contributed by atoms with van der Waals surface area (Å²) in [5.74, 6) is -0.398. The average molecular weight is 231 g/mol. The number of amides is 1. The van der Waals surface area contributed by atoms with Gasteiger partial charge in [0.1, 0.15) is 0 Å². The highest BCUT2D eigenvalue weighted by Gasteiger charge is 2.38. The van der Waals surface area contributed by atoms with Crippen LogP contribution in [0.2, 0.25) is 0 Å². The van der Waals surface area contributed by atoms with E-state index < -0.39 is 0 Å². The molecule has 3 heteroatoms. The molecule has 0 bridgehead atoms. The zero-order valence-corrected chi connectivity index (χ0v) is 10.7. The summed E-state index contributed by atoms with van der Waals surface area (Å²) in [6.45, 7) is 8.50. The van der Waals surface area contributed by atoms with E-state index in [1.807, 2.05) is 39.8 Å². The van der Waals surface area contributed by atoms with Gasteiger partial charge in [0.2, 0.25) is 0 Å². The number of hydrogen-bond donors (Lipinski definition) is 0. The number of ketones is 1. The van der Waals surface area contributed by atoms with Crippen molar-refractivity contribution in [3.8, 4) is 0 Å². The van der Waals surface area contributed by atoms with E-state index in [0.29, 0.717) is 18.0 Å². The Hall–Kier alpha value is -1.64. The van der Waals surface area contributed by atoms with Crippen LogP contribution in [0.3, 0.4) is 0 Å². The largest absolute Gasteiger partial charge is 0.304 e. The first-order valence-electron chi connectivity index (χ1n) is 5.90. The molecule has 0 aliphatic carbocycles. The maximum Gasteiger partial charge on any atom is 0.299 e. The SMILES string of the molecule is Cc1ccc(C)c2c1C(=O)C(=O)N2CC(C)C. The van der Waals surface area contributed by atoms with Crippen LogP contribution >= 0.6 is 0 Å². The summed E-state index contributed by atoms with van der Waals surface area (Å²) >= 11 is 0. The fourth-order valence-electron chi connectivity index (χ4n) is 2.30. The maximum absolute atomic E-state index is 12.0. The number of aryl methyl sites for hydroxylation is 2. The van der Waals surface area contributed by atoms with Gasteiger partial charge in [0, 0.05) is 6.54 Å². The number of carbonyl (C=O) groups excluding carboxylic acids is 2. The van der Waals surface area contributed by atoms with Crippen molar-refractivity contribution in [2.24, 2.45) is 5.92 Å². The molecule has 1 amide bonds. The number of benzene rings is 1. The Labute approximate surface area is 101 Å². The molecule has 0 saturated carbocycles. The molecule has 0 unspecified atom stereocenters. The van der Waals surface area contributed by atoms with E-state index in [2.05, 4.69) is 0 Å². The number of hydrogen-bond acceptors (Lipinski definition) is 2. The monoisotopic (exact) mass is 231 g/mol. The highest BCUT2D eigenvalue weighted by molar-refractivity contribution is 6.52. The van der Waals surface area contributed by atoms with Crippen molar-refractivity contribution >= 4 is 17.4 Å². The van der Waals surface area contributed by atoms with Gasteiger partial charge in [-0.05, 0) is 30.9 Å². The van der Waals surface area contributed by atoms with E-state index in [1.165, 1.54) is 0 Å². The summed E-state index contributed by atoms with van der Waals surface area (Å²) in [5, 5.41) is 0. The van der Waals surface area contributed by atoms with Crippen LogP contribution < -0.4 is 4.90 Å². The van der Waals surface area contributed by atoms with Crippen molar-refractivity contribution in [3.63, 3.8) is 0 Å². The molecule has 2 rings (SSSR count). The zero-order chi connectivity index (χ0) is 12.7. The summed E-state index contributed by atoms with van der Waals surface area (Å²) in [4.78, 5) is 25.6. The molecule has 0 atom stereocenters. The fourth-order valence-corrected chi connectivity index (χ4v) is 2.30. The number of rotatable bonds is 2. The first-order valence-corrected chi connectivity index (χ1v) is 5.90. The lowest BCUT2D eigenvalue weighted by atomic mass is 10.0. The molecule has 0 aromatic heterocycles. The van der Waals surface area contributed by atoms with E-state index in [4.69, 9.17) is 0 Å². The number of fused-ring (bicyclic) bond motifs is 1. The molecular formula is C14H17NO2. The predicted octanol–water partition coefficient (Wildman–Crippen LogP) is 2.49. The number of carbonyl (C=O) groups is 2. The minimum absolute atomic E-state index is 0.345. The molecule has 0 saturated heterocycles. The second kappa shape index (κ2) is 3.99. The Morgan fingerprint density at radius 1 is 1.12 bits per heavy atom. The smallest absolute Gasteiger partial charge is 0.299 e. The van der Waals surface area contributed by atoms with Gasteiger partial charge in [0.05, 0.1) is 11.3 Å². The summed E-state index contributed by atoms with van der Waals surface area (Å²) in [6.07, 6.45) is 0. The molecule has 1 heterocycles. The van der Waals surface area contributed by atoms with Gasteiger partial charge in [0.15, 0.2) is 0 Å². The third kappa shape index (κ3) is 1.75. The van der Waals surface area contributed by atoms with Crippen LogP contribution in [0.25, 0.3) is 0 Å². The Morgan fingerprint density at radius 2 is 1.71 bits per heavy atom. The summed E-state index contributed by atoms with van der Waals surface area (Å²) < 4.78 is 0. The summed E-state index contributed by atoms with van der Waals surface area (Å²) in [6, 6.07) is 3.87. The van der Waals surface area contributed by atoms with Crippen molar-refractivity contribution in [3.05, 3.63) is 28.8 Å². The third-order valence-electron chi connectivity index (χ3n) is 3.07. The molecular weight excluding hydrogens is 214 g/mol. The van der Waals surface area contributed by atoms with Crippen molar-refractivity contribution in [1.29, 1.82) is 0 Å². The van der Waals surface area contributed by atoms with E-state index in [-0.39, 0.29) is 11.7 Å². The van der Waals surface area contributed by atoms with Crippen LogP contribution in [0.4, 0.5) is 5.69 Å². The second-order valence-corrected chi connectivity index (χ2v) is 5.06. The van der Waals surface area contributed by atoms with Crippen LogP contribution in [0.15, 0.2) is 12.1 Å². The van der Waals surface area contributed by atoms with Gasteiger partial charge in [-0.2, -0.15) is 0 Å². The Bertz CT molecular complexity index is 503. The minimum Gasteiger partial charge on any atom is -0.304 e. The molecule has 1 aliphatic heterocycles. The van der Waals surface area contributed by atoms with Crippen LogP contribution in [-0.4, -0.2) is 18.2 Å². The lowest BCUT2D eigenvalue weighted by molar-refractivity contribution is -0.114. The van der Waals surface area contributed by atoms with Gasteiger partial charge in [-0.25, -0.2) is 0 Å². The molecule has 0 N–H and O–H groups in total. The van der Waals surface area contributed by atoms with Gasteiger partial charge in [0.25, 0.3) is 11.7 Å². The van der Waals surface area contributed by atoms with Crippen molar-refractivity contribution in [2.45, 2.75) is 27.7 Å². The summed E-state index contributed by atoms with van der Waals surface area (Å²) in [7, 11) is 0. The van der Waals surface area contributed by atoms with E-state index in [0.717, 1.165) is 16.8 Å². The van der Waals surface area contributed by atoms with E-state index in [9.17, 15) is 9.59 Å². The standard InChI is InChI=1S/C14H17NO2/c1-8(2)7-15-12-10(4)6-5-9(3)11(12)13(16)14(15)17/h5-6,8H,7H2,1-4H3. The van der Waals surface area contributed by atoms with Crippen LogP contribution in [0.1, 0.15) is 35.3 Å². The first-order chi connectivity index (χ1) is 7.93. The Balaban J connectivity index is 2.59. The molecule has 1 aliphatic rings. The van der Waals surface area contributed by atoms with Crippen molar-refractivity contribution in [2.75, 3.05) is 11.4 Å². The van der Waals surface area contributed by atoms with Gasteiger partial charge in [-0.1, -0.05) is 26.0 Å². The highest BCUT2D eigenvalue weighted by Crippen LogP contribution is 2.34. The number of Topliss-reactive ketones (excluding diaryl/α,β-unsaturated/α-hetero) is 1. The normalized spacial score (nSPS) is 14.8. The van der Waals surface area contributed by atoms with Crippen LogP contribution in [0.5, 0.6) is 0 Å². The molecule has 0 radical (unpaired) electrons. The van der Waals surface area contributed by atoms with Gasteiger partial charge >= 0.3 is 0 Å². The minimum atomic E-state index is -0.383. The topological polar surface area (TPSA) is 37.4 Å². The Kier molecular flexibility index (Phi) is 2.77. The highest BCUT2D eigenvalue weighted by atomic mass is 16.2. The second-order valence-electron chi connectivity index (χ2n) is 5.06. The van der Waals surface area contributed by atoms with Gasteiger partial charge in [-0.3, -0.25) is 9.59 Å². The van der Waals surface area contributed by atoms with Crippen molar-refractivity contribution in [1.82, 2.24) is 0 Å². The number of nitrogens with zero attached hydrogens (tertiary/aromatic N) is 1. The lowest BCUT2D eigenvalue weighted by Gasteiger charge is -2.20. The van der Waals surface area contributed by atoms with E-state index in [1.54, 1.807) is 4.90 Å². The van der Waals surface area contributed by atoms with Gasteiger partial charge < -0.3 is 4.90 Å². The molecule has 1 aromatic carbocycles. The van der Waals surface area contributed by atoms with Crippen molar-refractivity contribution < 1.29 is 9.59 Å². The quantitative estimate of drug-likeness (QED) is 0.733. The number of anilines is 1. The predicted molar refractivity (Wildman–Crippen MR) is 67.4 cm³/mol. The zero-order valence-electron chi connectivity index (χ0n) is 10.7. The van der Waals surface area contributed by atoms with Gasteiger partial charge in [-0.15, -0.1) is 0 Å². The summed E-state index contributed by atoms with van der Waals surface area (Å²) in [5.41, 5.74) is 3.28. The molecule has 3 nitrogen and oxygen atoms in total. The average Bonchev–Trinajstić information content (AvgIpc) is 2.49. The maximum atomic E-state index is 12.0. The first kappa shape index (κ1) is 11.8. The molecule has 0 fully saturated rings. The van der Waals surface area contributed by atoms with Crippen LogP contribution in [0, 0.1) is 19.8 Å². The Morgan fingerprint density at radius 3 is 2.29 bits per heavy atom. The molecule has 90 valence electrons.